The van der Waals surface area contributed by atoms with E-state index in [1.807, 2.05) is 6.92 Å². The van der Waals surface area contributed by atoms with Crippen LogP contribution in [0.4, 0.5) is 4.39 Å². The summed E-state index contributed by atoms with van der Waals surface area (Å²) in [6, 6.07) is 4.75. The molecule has 1 unspecified atom stereocenters. The van der Waals surface area contributed by atoms with Crippen LogP contribution in [0.2, 0.25) is 5.02 Å². The Morgan fingerprint density at radius 1 is 1.38 bits per heavy atom. The highest BCUT2D eigenvalue weighted by atomic mass is 35.5. The van der Waals surface area contributed by atoms with Crippen molar-refractivity contribution in [1.82, 2.24) is 10.3 Å². The lowest BCUT2D eigenvalue weighted by atomic mass is 10.0. The van der Waals surface area contributed by atoms with E-state index in [1.54, 1.807) is 17.4 Å². The fourth-order valence-corrected chi connectivity index (χ4v) is 3.10. The van der Waals surface area contributed by atoms with Crippen LogP contribution in [-0.4, -0.2) is 17.6 Å². The lowest BCUT2D eigenvalue weighted by molar-refractivity contribution is 0.500. The molecule has 0 saturated heterocycles. The van der Waals surface area contributed by atoms with Gasteiger partial charge in [-0.1, -0.05) is 18.5 Å². The number of thiazole rings is 1. The van der Waals surface area contributed by atoms with Crippen molar-refractivity contribution in [3.63, 3.8) is 0 Å². The Bertz CT molecular complexity index is 585. The first-order valence-corrected chi connectivity index (χ1v) is 8.42. The molecule has 1 heterocycles. The summed E-state index contributed by atoms with van der Waals surface area (Å²) in [5.74, 6) is -0.242. The van der Waals surface area contributed by atoms with E-state index in [2.05, 4.69) is 22.6 Å². The Morgan fingerprint density at radius 3 is 2.86 bits per heavy atom. The van der Waals surface area contributed by atoms with Gasteiger partial charge in [0.2, 0.25) is 0 Å². The van der Waals surface area contributed by atoms with Crippen molar-refractivity contribution in [2.24, 2.45) is 0 Å². The van der Waals surface area contributed by atoms with Gasteiger partial charge in [0.25, 0.3) is 0 Å². The van der Waals surface area contributed by atoms with Crippen LogP contribution in [0.25, 0.3) is 0 Å². The molecule has 0 spiro atoms. The molecule has 2 aromatic rings. The molecule has 1 atom stereocenters. The molecule has 0 saturated carbocycles. The zero-order chi connectivity index (χ0) is 15.2. The van der Waals surface area contributed by atoms with Gasteiger partial charge in [-0.2, -0.15) is 0 Å². The van der Waals surface area contributed by atoms with Crippen molar-refractivity contribution >= 4 is 22.9 Å². The van der Waals surface area contributed by atoms with Gasteiger partial charge in [0.15, 0.2) is 0 Å². The van der Waals surface area contributed by atoms with Gasteiger partial charge >= 0.3 is 0 Å². The number of nitrogens with zero attached hydrogens (tertiary/aromatic N) is 1. The van der Waals surface area contributed by atoms with Gasteiger partial charge < -0.3 is 5.32 Å². The van der Waals surface area contributed by atoms with E-state index in [1.165, 1.54) is 12.1 Å². The SMILES string of the molecule is CCCNC(Cc1csc(C)n1)Cc1cc(F)ccc1Cl. The Hall–Kier alpha value is -0.970. The first-order valence-electron chi connectivity index (χ1n) is 7.16. The van der Waals surface area contributed by atoms with E-state index >= 15 is 0 Å². The van der Waals surface area contributed by atoms with E-state index in [-0.39, 0.29) is 11.9 Å². The number of hydrogen-bond donors (Lipinski definition) is 1. The lowest BCUT2D eigenvalue weighted by Gasteiger charge is -2.18. The third kappa shape index (κ3) is 5.06. The van der Waals surface area contributed by atoms with Crippen LogP contribution in [0.5, 0.6) is 0 Å². The minimum absolute atomic E-state index is 0.214. The van der Waals surface area contributed by atoms with Crippen LogP contribution in [0.1, 0.15) is 29.6 Å². The maximum Gasteiger partial charge on any atom is 0.123 e. The number of aryl methyl sites for hydroxylation is 1. The summed E-state index contributed by atoms with van der Waals surface area (Å²) in [5, 5.41) is 7.28. The Kier molecular flexibility index (Phi) is 6.15. The zero-order valence-corrected chi connectivity index (χ0v) is 13.9. The number of hydrogen-bond acceptors (Lipinski definition) is 3. The molecule has 5 heteroatoms. The van der Waals surface area contributed by atoms with Gasteiger partial charge in [-0.3, -0.25) is 0 Å². The average molecular weight is 327 g/mol. The van der Waals surface area contributed by atoms with Crippen LogP contribution in [0, 0.1) is 12.7 Å². The van der Waals surface area contributed by atoms with Crippen LogP contribution in [-0.2, 0) is 12.8 Å². The van der Waals surface area contributed by atoms with Gasteiger partial charge in [-0.05, 0) is 50.1 Å². The maximum atomic E-state index is 13.4. The number of rotatable bonds is 7. The molecule has 2 nitrogen and oxygen atoms in total. The summed E-state index contributed by atoms with van der Waals surface area (Å²) in [5.41, 5.74) is 1.93. The second-order valence-electron chi connectivity index (χ2n) is 5.15. The molecule has 0 aliphatic rings. The number of nitrogens with one attached hydrogen (secondary N) is 1. The lowest BCUT2D eigenvalue weighted by Crippen LogP contribution is -2.34. The fraction of sp³-hybridized carbons (Fsp3) is 0.438. The molecule has 1 aromatic heterocycles. The summed E-state index contributed by atoms with van der Waals surface area (Å²) >= 11 is 7.83. The first kappa shape index (κ1) is 16.4. The Labute approximate surface area is 134 Å². The molecule has 1 aromatic carbocycles. The molecule has 0 aliphatic carbocycles. The Balaban J connectivity index is 2.09. The quantitative estimate of drug-likeness (QED) is 0.816. The third-order valence-electron chi connectivity index (χ3n) is 3.28. The second kappa shape index (κ2) is 7.87. The smallest absolute Gasteiger partial charge is 0.123 e. The molecule has 114 valence electrons. The molecule has 0 aliphatic heterocycles. The van der Waals surface area contributed by atoms with E-state index in [0.717, 1.165) is 35.7 Å². The maximum absolute atomic E-state index is 13.4. The molecular formula is C16H20ClFN2S. The van der Waals surface area contributed by atoms with Crippen molar-refractivity contribution in [2.75, 3.05) is 6.54 Å². The molecule has 0 amide bonds. The summed E-state index contributed by atoms with van der Waals surface area (Å²) in [6.45, 7) is 5.07. The van der Waals surface area contributed by atoms with Crippen LogP contribution >= 0.6 is 22.9 Å². The summed E-state index contributed by atoms with van der Waals surface area (Å²) in [4.78, 5) is 4.51. The van der Waals surface area contributed by atoms with Crippen molar-refractivity contribution in [3.8, 4) is 0 Å². The molecule has 0 fully saturated rings. The standard InChI is InChI=1S/C16H20ClFN2S/c1-3-6-19-14(9-15-10-21-11(2)20-15)8-12-7-13(18)4-5-16(12)17/h4-5,7,10,14,19H,3,6,8-9H2,1-2H3. The minimum atomic E-state index is -0.242. The normalized spacial score (nSPS) is 12.6. The highest BCUT2D eigenvalue weighted by molar-refractivity contribution is 7.09. The summed E-state index contributed by atoms with van der Waals surface area (Å²) in [6.07, 6.45) is 2.59. The van der Waals surface area contributed by atoms with Crippen LogP contribution < -0.4 is 5.32 Å². The Morgan fingerprint density at radius 2 is 2.19 bits per heavy atom. The second-order valence-corrected chi connectivity index (χ2v) is 6.62. The number of benzene rings is 1. The number of halogens is 2. The molecule has 0 radical (unpaired) electrons. The molecule has 1 N–H and O–H groups in total. The third-order valence-corrected chi connectivity index (χ3v) is 4.47. The van der Waals surface area contributed by atoms with Crippen molar-refractivity contribution in [1.29, 1.82) is 0 Å². The van der Waals surface area contributed by atoms with Gasteiger partial charge in [0.05, 0.1) is 10.7 Å². The zero-order valence-electron chi connectivity index (χ0n) is 12.3. The highest BCUT2D eigenvalue weighted by Crippen LogP contribution is 2.20. The minimum Gasteiger partial charge on any atom is -0.313 e. The summed E-state index contributed by atoms with van der Waals surface area (Å²) in [7, 11) is 0. The van der Waals surface area contributed by atoms with E-state index in [9.17, 15) is 4.39 Å². The predicted molar refractivity (Wildman–Crippen MR) is 87.8 cm³/mol. The monoisotopic (exact) mass is 326 g/mol. The molecular weight excluding hydrogens is 307 g/mol. The van der Waals surface area contributed by atoms with Crippen LogP contribution in [0.3, 0.4) is 0 Å². The van der Waals surface area contributed by atoms with Crippen molar-refractivity contribution in [3.05, 3.63) is 50.7 Å². The number of aromatic nitrogens is 1. The largest absolute Gasteiger partial charge is 0.313 e. The van der Waals surface area contributed by atoms with Crippen LogP contribution in [0.15, 0.2) is 23.6 Å². The summed E-state index contributed by atoms with van der Waals surface area (Å²) < 4.78 is 13.4. The van der Waals surface area contributed by atoms with E-state index in [0.29, 0.717) is 11.4 Å². The molecule has 0 bridgehead atoms. The fourth-order valence-electron chi connectivity index (χ4n) is 2.28. The van der Waals surface area contributed by atoms with Crippen molar-refractivity contribution < 1.29 is 4.39 Å². The average Bonchev–Trinajstić information content (AvgIpc) is 2.85. The molecule has 21 heavy (non-hydrogen) atoms. The van der Waals surface area contributed by atoms with E-state index in [4.69, 9.17) is 11.6 Å². The van der Waals surface area contributed by atoms with Gasteiger partial charge in [-0.15, -0.1) is 11.3 Å². The van der Waals surface area contributed by atoms with Gasteiger partial charge in [-0.25, -0.2) is 9.37 Å². The topological polar surface area (TPSA) is 24.9 Å². The van der Waals surface area contributed by atoms with Gasteiger partial charge in [0, 0.05) is 22.9 Å². The predicted octanol–water partition coefficient (Wildman–Crippen LogP) is 4.40. The molecule has 2 rings (SSSR count). The van der Waals surface area contributed by atoms with Gasteiger partial charge in [0.1, 0.15) is 5.82 Å². The first-order chi connectivity index (χ1) is 10.1. The van der Waals surface area contributed by atoms with E-state index < -0.39 is 0 Å². The van der Waals surface area contributed by atoms with Crippen molar-refractivity contribution in [2.45, 2.75) is 39.2 Å². The highest BCUT2D eigenvalue weighted by Gasteiger charge is 2.14.